The van der Waals surface area contributed by atoms with Crippen LogP contribution in [-0.4, -0.2) is 71.7 Å². The van der Waals surface area contributed by atoms with E-state index in [1.807, 2.05) is 32.9 Å². The number of thiol groups is 1. The number of aliphatic hydroxyl groups excluding tert-OH is 1. The molecule has 4 unspecified atom stereocenters. The lowest BCUT2D eigenvalue weighted by Gasteiger charge is -2.19. The van der Waals surface area contributed by atoms with Crippen molar-refractivity contribution >= 4 is 41.8 Å². The average molecular weight is 640 g/mol. The highest BCUT2D eigenvalue weighted by Crippen LogP contribution is 2.59. The number of carbonyl (C=O) groups is 3. The minimum Gasteiger partial charge on any atom is -0.481 e. The minimum absolute atomic E-state index is 0.0438. The Labute approximate surface area is 266 Å². The van der Waals surface area contributed by atoms with E-state index in [0.717, 1.165) is 45.1 Å². The molecule has 1 spiro atoms. The number of aliphatic hydroxyl groups is 1. The van der Waals surface area contributed by atoms with Gasteiger partial charge in [0, 0.05) is 36.3 Å². The fourth-order valence-corrected chi connectivity index (χ4v) is 9.44. The second-order valence-corrected chi connectivity index (χ2v) is 15.0. The second-order valence-electron chi connectivity index (χ2n) is 13.3. The zero-order valence-electron chi connectivity index (χ0n) is 26.3. The Balaban J connectivity index is 1.36. The van der Waals surface area contributed by atoms with Crippen LogP contribution in [0.2, 0.25) is 0 Å². The number of carbonyl (C=O) groups excluding carboxylic acids is 1. The number of allylic oxidation sites excluding steroid dienone is 1. The predicted molar refractivity (Wildman–Crippen MR) is 172 cm³/mol. The highest BCUT2D eigenvalue weighted by molar-refractivity contribution is 7.89. The Morgan fingerprint density at radius 2 is 1.73 bits per heavy atom. The Hall–Kier alpha value is -3.48. The van der Waals surface area contributed by atoms with E-state index in [0.29, 0.717) is 24.5 Å². The van der Waals surface area contributed by atoms with Crippen molar-refractivity contribution in [3.05, 3.63) is 57.7 Å². The van der Waals surface area contributed by atoms with Gasteiger partial charge in [0.25, 0.3) is 0 Å². The van der Waals surface area contributed by atoms with Gasteiger partial charge in [-0.1, -0.05) is 13.0 Å². The lowest BCUT2D eigenvalue weighted by atomic mass is 9.87. The molecule has 5 aliphatic rings. The van der Waals surface area contributed by atoms with Crippen LogP contribution in [-0.2, 0) is 37.3 Å². The second kappa shape index (κ2) is 10.8. The van der Waals surface area contributed by atoms with Crippen LogP contribution >= 0.6 is 0 Å². The molecule has 6 rings (SSSR count). The van der Waals surface area contributed by atoms with Crippen molar-refractivity contribution < 1.29 is 34.4 Å². The van der Waals surface area contributed by atoms with Gasteiger partial charge in [-0.25, -0.2) is 0 Å². The largest absolute Gasteiger partial charge is 0.481 e. The number of H-pyrrole nitrogens is 1. The van der Waals surface area contributed by atoms with Crippen molar-refractivity contribution in [3.63, 3.8) is 0 Å². The third kappa shape index (κ3) is 4.92. The fourth-order valence-electron chi connectivity index (χ4n) is 7.85. The first-order valence-corrected chi connectivity index (χ1v) is 16.5. The number of aliphatic carboxylic acids is 2. The molecule has 5 aliphatic heterocycles. The lowest BCUT2D eigenvalue weighted by Crippen LogP contribution is -2.40. The molecule has 45 heavy (non-hydrogen) atoms. The molecule has 12 heteroatoms. The van der Waals surface area contributed by atoms with E-state index in [9.17, 15) is 29.7 Å². The SMILES string of the molecule is C=CC1C(=O)N[C@@]2(CC3N/C(=C\c4[nH]c(/C=C5\NC(O)[C@H](C)[C@]56[SH+]C6C)c(C)c4CCC(=O)O)C(CCC(=O)O)=C3C)O[C@@]12C. The van der Waals surface area contributed by atoms with Crippen molar-refractivity contribution in [2.75, 3.05) is 0 Å². The number of epoxide rings is 1. The number of hydrogen-bond acceptors (Lipinski definition) is 7. The van der Waals surface area contributed by atoms with Crippen molar-refractivity contribution in [2.45, 2.75) is 100 Å². The van der Waals surface area contributed by atoms with Gasteiger partial charge in [-0.3, -0.25) is 14.4 Å². The Bertz CT molecular complexity index is 1590. The van der Waals surface area contributed by atoms with Crippen LogP contribution in [0.15, 0.2) is 35.2 Å². The van der Waals surface area contributed by atoms with Crippen LogP contribution in [0.3, 0.4) is 0 Å². The van der Waals surface area contributed by atoms with Gasteiger partial charge in [-0.15, -0.1) is 6.58 Å². The molecular formula is C33H43N4O7S+. The van der Waals surface area contributed by atoms with Gasteiger partial charge in [0.15, 0.2) is 11.0 Å². The number of amides is 1. The van der Waals surface area contributed by atoms with Gasteiger partial charge in [0.1, 0.15) is 11.8 Å². The molecule has 6 heterocycles. The number of hydrogen-bond donors (Lipinski definition) is 7. The molecule has 1 aromatic heterocycles. The molecule has 4 saturated heterocycles. The number of ether oxygens (including phenoxy) is 1. The Morgan fingerprint density at radius 3 is 2.33 bits per heavy atom. The van der Waals surface area contributed by atoms with Gasteiger partial charge in [0.2, 0.25) is 10.7 Å². The van der Waals surface area contributed by atoms with Gasteiger partial charge in [-0.05, 0) is 86.7 Å². The molecule has 4 fully saturated rings. The van der Waals surface area contributed by atoms with E-state index in [4.69, 9.17) is 4.74 Å². The standard InChI is InChI=1S/C33H42N4O7S/c1-7-21-30(43)37-32(31(21,6)44-32)14-25-16(3)20(9-11-28(40)41)24(35-25)12-23-19(8-10-27(38)39)15(2)22(34-23)13-26-33(18(5)45-33)17(4)29(42)36-26/h7,12-13,17-18,21,25,29,34-36,42H,1,8-11,14H2,2-6H3,(H,37,43)(H,38,39)(H,40,41)/p+1/b24-12-,26-13-/t17-,18?,21?,25?,29?,31-,32-,33+/m0/s1. The van der Waals surface area contributed by atoms with E-state index in [2.05, 4.69) is 41.4 Å². The predicted octanol–water partition coefficient (Wildman–Crippen LogP) is 2.50. The van der Waals surface area contributed by atoms with E-state index < -0.39 is 35.4 Å². The van der Waals surface area contributed by atoms with Gasteiger partial charge >= 0.3 is 11.9 Å². The summed E-state index contributed by atoms with van der Waals surface area (Å²) in [6.07, 6.45) is 5.96. The molecule has 0 radical (unpaired) electrons. The molecule has 1 aromatic rings. The fraction of sp³-hybridized carbons (Fsp3) is 0.545. The van der Waals surface area contributed by atoms with Crippen molar-refractivity contribution in [2.24, 2.45) is 11.8 Å². The summed E-state index contributed by atoms with van der Waals surface area (Å²) < 4.78 is 6.00. The summed E-state index contributed by atoms with van der Waals surface area (Å²) in [6, 6.07) is -0.216. The summed E-state index contributed by atoms with van der Waals surface area (Å²) in [7, 11) is 0. The van der Waals surface area contributed by atoms with Crippen molar-refractivity contribution in [3.8, 4) is 0 Å². The summed E-state index contributed by atoms with van der Waals surface area (Å²) in [5, 5.41) is 39.9. The molecule has 11 nitrogen and oxygen atoms in total. The number of nitrogens with one attached hydrogen (secondary N) is 4. The van der Waals surface area contributed by atoms with E-state index >= 15 is 0 Å². The van der Waals surface area contributed by atoms with Gasteiger partial charge in [0.05, 0.1) is 23.6 Å². The highest BCUT2D eigenvalue weighted by Gasteiger charge is 2.77. The summed E-state index contributed by atoms with van der Waals surface area (Å²) in [4.78, 5) is 39.4. The minimum atomic E-state index is -0.901. The number of carboxylic acids is 2. The maximum absolute atomic E-state index is 12.6. The molecule has 8 atom stereocenters. The van der Waals surface area contributed by atoms with E-state index in [-0.39, 0.29) is 35.5 Å². The topological polar surface area (TPSA) is 176 Å². The first kappa shape index (κ1) is 31.5. The highest BCUT2D eigenvalue weighted by atomic mass is 32.2. The van der Waals surface area contributed by atoms with E-state index in [1.165, 1.54) is 11.8 Å². The first-order chi connectivity index (χ1) is 21.2. The quantitative estimate of drug-likeness (QED) is 0.0830. The van der Waals surface area contributed by atoms with E-state index in [1.54, 1.807) is 6.08 Å². The first-order valence-electron chi connectivity index (χ1n) is 15.5. The van der Waals surface area contributed by atoms with Crippen molar-refractivity contribution in [1.82, 2.24) is 20.9 Å². The van der Waals surface area contributed by atoms with Crippen molar-refractivity contribution in [1.29, 1.82) is 0 Å². The summed E-state index contributed by atoms with van der Waals surface area (Å²) in [6.45, 7) is 13.9. The third-order valence-corrected chi connectivity index (χ3v) is 12.8. The molecule has 1 amide bonds. The monoisotopic (exact) mass is 639 g/mol. The molecule has 0 aromatic carbocycles. The Morgan fingerprint density at radius 1 is 1.07 bits per heavy atom. The molecule has 0 saturated carbocycles. The zero-order chi connectivity index (χ0) is 32.6. The van der Waals surface area contributed by atoms with Crippen LogP contribution in [0.5, 0.6) is 0 Å². The molecule has 242 valence electrons. The number of aromatic amines is 1. The smallest absolute Gasteiger partial charge is 0.303 e. The number of aromatic nitrogens is 1. The number of carboxylic acid groups (broad SMARTS) is 2. The summed E-state index contributed by atoms with van der Waals surface area (Å²) in [5.74, 6) is -2.30. The normalized spacial score (nSPS) is 38.0. The number of fused-ring (bicyclic) bond motifs is 1. The Kier molecular flexibility index (Phi) is 7.57. The molecule has 0 bridgehead atoms. The maximum Gasteiger partial charge on any atom is 0.303 e. The zero-order valence-corrected chi connectivity index (χ0v) is 27.2. The third-order valence-electron chi connectivity index (χ3n) is 10.8. The van der Waals surface area contributed by atoms with Crippen LogP contribution in [0.1, 0.15) is 75.9 Å². The molecular weight excluding hydrogens is 596 g/mol. The number of rotatable bonds is 11. The summed E-state index contributed by atoms with van der Waals surface area (Å²) in [5.41, 5.74) is 5.44. The van der Waals surface area contributed by atoms with Crippen LogP contribution < -0.4 is 16.0 Å². The molecule has 0 aliphatic carbocycles. The van der Waals surface area contributed by atoms with Crippen LogP contribution in [0.4, 0.5) is 0 Å². The van der Waals surface area contributed by atoms with Gasteiger partial charge < -0.3 is 41.0 Å². The summed E-state index contributed by atoms with van der Waals surface area (Å²) >= 11 is 1.27. The lowest BCUT2D eigenvalue weighted by molar-refractivity contribution is -0.138. The van der Waals surface area contributed by atoms with Crippen LogP contribution in [0.25, 0.3) is 12.2 Å². The van der Waals surface area contributed by atoms with Crippen LogP contribution in [0, 0.1) is 18.8 Å². The van der Waals surface area contributed by atoms with Gasteiger partial charge in [-0.2, -0.15) is 0 Å². The average Bonchev–Trinajstić information content (AvgIpc) is 3.62. The maximum atomic E-state index is 12.6. The molecule has 7 N–H and O–H groups in total.